The molecule has 1 aliphatic heterocycles. The molecule has 0 unspecified atom stereocenters. The summed E-state index contributed by atoms with van der Waals surface area (Å²) >= 11 is 0. The van der Waals surface area contributed by atoms with E-state index in [2.05, 4.69) is 0 Å². The van der Waals surface area contributed by atoms with Crippen LogP contribution < -0.4 is 5.63 Å². The predicted octanol–water partition coefficient (Wildman–Crippen LogP) is 3.16. The van der Waals surface area contributed by atoms with Crippen molar-refractivity contribution in [3.8, 4) is 12.1 Å². The van der Waals surface area contributed by atoms with Gasteiger partial charge in [0.1, 0.15) is 23.3 Å². The van der Waals surface area contributed by atoms with Crippen molar-refractivity contribution < 1.29 is 9.15 Å². The highest BCUT2D eigenvalue weighted by atomic mass is 16.5. The van der Waals surface area contributed by atoms with Gasteiger partial charge in [0.05, 0.1) is 18.8 Å². The van der Waals surface area contributed by atoms with Crippen molar-refractivity contribution in [2.75, 3.05) is 6.61 Å². The second-order valence-corrected chi connectivity index (χ2v) is 5.10. The van der Waals surface area contributed by atoms with Gasteiger partial charge < -0.3 is 9.15 Å². The second-order valence-electron chi connectivity index (χ2n) is 5.10. The van der Waals surface area contributed by atoms with Crippen molar-refractivity contribution in [3.63, 3.8) is 0 Å². The number of ether oxygens (including phenoxy) is 1. The van der Waals surface area contributed by atoms with Crippen LogP contribution in [0, 0.1) is 22.7 Å². The van der Waals surface area contributed by atoms with Crippen LogP contribution in [0.4, 0.5) is 0 Å². The van der Waals surface area contributed by atoms with E-state index in [0.717, 1.165) is 22.9 Å². The smallest absolute Gasteiger partial charge is 0.343 e. The molecule has 0 bridgehead atoms. The summed E-state index contributed by atoms with van der Waals surface area (Å²) in [6.07, 6.45) is 6.09. The first kappa shape index (κ1) is 14.8. The van der Waals surface area contributed by atoms with Gasteiger partial charge in [-0.25, -0.2) is 4.79 Å². The molecular formula is C18H12N2O3. The lowest BCUT2D eigenvalue weighted by atomic mass is 10.0. The molecule has 0 saturated carbocycles. The highest BCUT2D eigenvalue weighted by Crippen LogP contribution is 2.23. The Hall–Kier alpha value is -3.15. The maximum Gasteiger partial charge on any atom is 0.343 e. The molecule has 0 atom stereocenters. The van der Waals surface area contributed by atoms with E-state index in [1.54, 1.807) is 24.3 Å². The average molecular weight is 304 g/mol. The maximum atomic E-state index is 12.0. The van der Waals surface area contributed by atoms with E-state index < -0.39 is 5.63 Å². The van der Waals surface area contributed by atoms with Gasteiger partial charge in [-0.15, -0.1) is 0 Å². The third kappa shape index (κ3) is 3.06. The number of fused-ring (bicyclic) bond motifs is 2. The van der Waals surface area contributed by atoms with Crippen LogP contribution in [0.3, 0.4) is 0 Å². The number of nitriles is 2. The van der Waals surface area contributed by atoms with Crippen LogP contribution in [-0.2, 0) is 11.3 Å². The van der Waals surface area contributed by atoms with Gasteiger partial charge in [-0.3, -0.25) is 0 Å². The highest BCUT2D eigenvalue weighted by molar-refractivity contribution is 5.83. The number of hydrogen-bond acceptors (Lipinski definition) is 5. The van der Waals surface area contributed by atoms with Crippen molar-refractivity contribution in [2.24, 2.45) is 0 Å². The summed E-state index contributed by atoms with van der Waals surface area (Å²) in [5.41, 5.74) is 1.88. The first-order valence-corrected chi connectivity index (χ1v) is 7.08. The Labute approximate surface area is 132 Å². The van der Waals surface area contributed by atoms with Crippen molar-refractivity contribution in [1.29, 1.82) is 10.5 Å². The molecule has 5 heteroatoms. The quantitative estimate of drug-likeness (QED) is 0.596. The molecule has 2 aromatic rings. The lowest BCUT2D eigenvalue weighted by molar-refractivity contribution is 0.124. The van der Waals surface area contributed by atoms with Gasteiger partial charge >= 0.3 is 5.63 Å². The van der Waals surface area contributed by atoms with Crippen LogP contribution in [0.1, 0.15) is 23.1 Å². The van der Waals surface area contributed by atoms with Crippen LogP contribution in [0.5, 0.6) is 0 Å². The summed E-state index contributed by atoms with van der Waals surface area (Å²) < 4.78 is 10.9. The van der Waals surface area contributed by atoms with E-state index in [9.17, 15) is 4.79 Å². The lowest BCUT2D eigenvalue weighted by Crippen LogP contribution is -2.04. The van der Waals surface area contributed by atoms with Crippen LogP contribution in [0.25, 0.3) is 23.1 Å². The van der Waals surface area contributed by atoms with E-state index in [1.807, 2.05) is 18.2 Å². The Morgan fingerprint density at radius 3 is 2.83 bits per heavy atom. The predicted molar refractivity (Wildman–Crippen MR) is 85.0 cm³/mol. The number of rotatable bonds is 1. The molecule has 5 nitrogen and oxygen atoms in total. The summed E-state index contributed by atoms with van der Waals surface area (Å²) in [4.78, 5) is 12.0. The summed E-state index contributed by atoms with van der Waals surface area (Å²) in [7, 11) is 0. The van der Waals surface area contributed by atoms with Gasteiger partial charge in [0, 0.05) is 5.39 Å². The molecular weight excluding hydrogens is 292 g/mol. The summed E-state index contributed by atoms with van der Waals surface area (Å²) in [6, 6.07) is 8.79. The molecule has 0 radical (unpaired) electrons. The SMILES string of the molecule is N#CC(C#N)=Cc1cc2cc3c(cc2oc1=O)/C=C\CCOC3. The number of nitrogens with zero attached hydrogens (tertiary/aromatic N) is 2. The van der Waals surface area contributed by atoms with Crippen molar-refractivity contribution >= 4 is 23.1 Å². The molecule has 3 rings (SSSR count). The van der Waals surface area contributed by atoms with Gasteiger partial charge in [0.15, 0.2) is 0 Å². The fraction of sp³-hybridized carbons (Fsp3) is 0.167. The van der Waals surface area contributed by atoms with E-state index in [0.29, 0.717) is 18.8 Å². The normalized spacial score (nSPS) is 14.7. The Bertz CT molecular complexity index is 953. The molecule has 0 spiro atoms. The van der Waals surface area contributed by atoms with E-state index in [4.69, 9.17) is 19.7 Å². The number of allylic oxidation sites excluding steroid dienone is 1. The Balaban J connectivity index is 2.19. The molecule has 0 amide bonds. The molecule has 112 valence electrons. The molecule has 23 heavy (non-hydrogen) atoms. The van der Waals surface area contributed by atoms with Crippen LogP contribution >= 0.6 is 0 Å². The molecule has 0 fully saturated rings. The molecule has 1 aliphatic rings. The fourth-order valence-corrected chi connectivity index (χ4v) is 2.42. The minimum absolute atomic E-state index is 0.144. The average Bonchev–Trinajstić information content (AvgIpc) is 2.53. The molecule has 0 saturated heterocycles. The summed E-state index contributed by atoms with van der Waals surface area (Å²) in [5, 5.41) is 18.3. The summed E-state index contributed by atoms with van der Waals surface area (Å²) in [5.74, 6) is 0. The molecule has 2 heterocycles. The van der Waals surface area contributed by atoms with E-state index in [1.165, 1.54) is 6.08 Å². The van der Waals surface area contributed by atoms with Crippen molar-refractivity contribution in [2.45, 2.75) is 13.0 Å². The molecule has 1 aromatic heterocycles. The van der Waals surface area contributed by atoms with Gasteiger partial charge in [-0.2, -0.15) is 10.5 Å². The Morgan fingerprint density at radius 1 is 1.22 bits per heavy atom. The van der Waals surface area contributed by atoms with Gasteiger partial charge in [0.2, 0.25) is 0 Å². The zero-order valence-corrected chi connectivity index (χ0v) is 12.2. The second kappa shape index (κ2) is 6.31. The first-order valence-electron chi connectivity index (χ1n) is 7.08. The van der Waals surface area contributed by atoms with E-state index in [-0.39, 0.29) is 11.1 Å². The van der Waals surface area contributed by atoms with Gasteiger partial charge in [-0.05, 0) is 41.8 Å². The zero-order chi connectivity index (χ0) is 16.2. The third-order valence-corrected chi connectivity index (χ3v) is 3.55. The minimum Gasteiger partial charge on any atom is -0.422 e. The van der Waals surface area contributed by atoms with E-state index >= 15 is 0 Å². The molecule has 1 aromatic carbocycles. The van der Waals surface area contributed by atoms with Crippen LogP contribution in [0.2, 0.25) is 0 Å². The Morgan fingerprint density at radius 2 is 2.04 bits per heavy atom. The van der Waals surface area contributed by atoms with Crippen molar-refractivity contribution in [3.05, 3.63) is 57.0 Å². The third-order valence-electron chi connectivity index (χ3n) is 3.55. The van der Waals surface area contributed by atoms with Gasteiger partial charge in [0.25, 0.3) is 0 Å². The zero-order valence-electron chi connectivity index (χ0n) is 12.2. The highest BCUT2D eigenvalue weighted by Gasteiger charge is 2.10. The van der Waals surface area contributed by atoms with Crippen molar-refractivity contribution in [1.82, 2.24) is 0 Å². The topological polar surface area (TPSA) is 87.0 Å². The number of hydrogen-bond donors (Lipinski definition) is 0. The summed E-state index contributed by atoms with van der Waals surface area (Å²) in [6.45, 7) is 1.15. The van der Waals surface area contributed by atoms with Gasteiger partial charge in [-0.1, -0.05) is 12.2 Å². The minimum atomic E-state index is -0.577. The number of benzene rings is 1. The fourth-order valence-electron chi connectivity index (χ4n) is 2.42. The molecule has 0 aliphatic carbocycles. The molecule has 0 N–H and O–H groups in total. The van der Waals surface area contributed by atoms with Crippen LogP contribution in [-0.4, -0.2) is 6.61 Å². The van der Waals surface area contributed by atoms with Crippen LogP contribution in [0.15, 0.2) is 39.1 Å². The Kier molecular flexibility index (Phi) is 4.05. The largest absolute Gasteiger partial charge is 0.422 e. The maximum absolute atomic E-state index is 12.0. The standard InChI is InChI=1S/C18H12N2O3/c19-9-12(10-20)5-15-6-14-7-16-11-22-4-2-1-3-13(16)8-17(14)23-18(15)21/h1,3,5-8H,2,4,11H2/b3-1-. The lowest BCUT2D eigenvalue weighted by Gasteiger charge is -2.11. The first-order chi connectivity index (χ1) is 11.2. The monoisotopic (exact) mass is 304 g/mol.